The Labute approximate surface area is 159 Å². The van der Waals surface area contributed by atoms with Gasteiger partial charge >= 0.3 is 0 Å². The van der Waals surface area contributed by atoms with Gasteiger partial charge in [0.1, 0.15) is 5.82 Å². The Morgan fingerprint density at radius 3 is 2.80 bits per heavy atom. The summed E-state index contributed by atoms with van der Waals surface area (Å²) in [5.41, 5.74) is 8.55. The zero-order chi connectivity index (χ0) is 18.0. The maximum atomic E-state index is 13.3. The molecule has 0 aliphatic carbocycles. The molecule has 0 amide bonds. The van der Waals surface area contributed by atoms with Crippen molar-refractivity contribution in [3.05, 3.63) is 41.0 Å². The zero-order valence-electron chi connectivity index (χ0n) is 14.1. The first-order valence-electron chi connectivity index (χ1n) is 8.38. The minimum Gasteiger partial charge on any atom is -0.402 e. The van der Waals surface area contributed by atoms with Gasteiger partial charge in [0.15, 0.2) is 5.58 Å². The van der Waals surface area contributed by atoms with E-state index in [1.165, 1.54) is 12.1 Å². The van der Waals surface area contributed by atoms with Gasteiger partial charge in [-0.05, 0) is 51.4 Å². The van der Waals surface area contributed by atoms with Crippen molar-refractivity contribution < 1.29 is 13.7 Å². The van der Waals surface area contributed by atoms with Gasteiger partial charge in [0.25, 0.3) is 0 Å². The summed E-state index contributed by atoms with van der Waals surface area (Å²) in [5.74, 6) is 0.00862. The van der Waals surface area contributed by atoms with Gasteiger partial charge in [0, 0.05) is 57.8 Å². The standard InChI is InChI=1S/C18H21FIN3O2/c1-11(21)14(18(20)24)6-9-23-7-4-12(5-8-23)17-15-3-2-13(19)10-16(15)25-22-17/h2-3,10,12H,4-9,21H2,1H3/b14-11-. The van der Waals surface area contributed by atoms with Crippen LogP contribution in [0.3, 0.4) is 0 Å². The fourth-order valence-corrected chi connectivity index (χ4v) is 4.07. The highest BCUT2D eigenvalue weighted by molar-refractivity contribution is 14.1. The number of likely N-dealkylation sites (tertiary alicyclic amines) is 1. The van der Waals surface area contributed by atoms with Crippen molar-refractivity contribution in [1.29, 1.82) is 0 Å². The molecule has 1 aliphatic heterocycles. The van der Waals surface area contributed by atoms with E-state index in [0.29, 0.717) is 29.2 Å². The number of carbonyl (C=O) groups excluding carboxylic acids is 1. The third kappa shape index (κ3) is 4.20. The molecule has 5 nitrogen and oxygen atoms in total. The number of allylic oxidation sites excluding steroid dienone is 1. The zero-order valence-corrected chi connectivity index (χ0v) is 16.3. The van der Waals surface area contributed by atoms with Crippen LogP contribution in [0, 0.1) is 5.82 Å². The number of hydrogen-bond acceptors (Lipinski definition) is 5. The number of nitrogens with two attached hydrogens (primary N) is 1. The van der Waals surface area contributed by atoms with E-state index in [1.54, 1.807) is 35.6 Å². The van der Waals surface area contributed by atoms with E-state index in [4.69, 9.17) is 10.3 Å². The summed E-state index contributed by atoms with van der Waals surface area (Å²) in [7, 11) is 0. The van der Waals surface area contributed by atoms with Crippen LogP contribution in [0.2, 0.25) is 0 Å². The first kappa shape index (κ1) is 18.3. The number of aromatic nitrogens is 1. The molecule has 1 aromatic carbocycles. The Hall–Kier alpha value is -1.48. The summed E-state index contributed by atoms with van der Waals surface area (Å²) in [5, 5.41) is 5.08. The highest BCUT2D eigenvalue weighted by Gasteiger charge is 2.25. The van der Waals surface area contributed by atoms with Crippen LogP contribution >= 0.6 is 22.6 Å². The van der Waals surface area contributed by atoms with E-state index in [0.717, 1.165) is 43.6 Å². The number of fused-ring (bicyclic) bond motifs is 1. The van der Waals surface area contributed by atoms with Crippen molar-refractivity contribution >= 4 is 37.4 Å². The van der Waals surface area contributed by atoms with E-state index in [1.807, 2.05) is 0 Å². The fourth-order valence-electron chi connectivity index (χ4n) is 3.38. The molecule has 2 N–H and O–H groups in total. The largest absolute Gasteiger partial charge is 0.402 e. The smallest absolute Gasteiger partial charge is 0.220 e. The molecule has 1 aromatic heterocycles. The molecule has 0 saturated carbocycles. The van der Waals surface area contributed by atoms with Crippen LogP contribution in [0.15, 0.2) is 34.0 Å². The van der Waals surface area contributed by atoms with Gasteiger partial charge in [-0.15, -0.1) is 0 Å². The molecule has 0 atom stereocenters. The Balaban J connectivity index is 1.60. The van der Waals surface area contributed by atoms with E-state index < -0.39 is 0 Å². The summed E-state index contributed by atoms with van der Waals surface area (Å²) in [6.07, 6.45) is 2.62. The number of hydrogen-bond donors (Lipinski definition) is 1. The van der Waals surface area contributed by atoms with Crippen LogP contribution < -0.4 is 5.73 Å². The number of rotatable bonds is 5. The number of carbonyl (C=O) groups is 1. The molecule has 1 saturated heterocycles. The van der Waals surface area contributed by atoms with Gasteiger partial charge in [-0.3, -0.25) is 4.79 Å². The lowest BCUT2D eigenvalue weighted by atomic mass is 9.91. The van der Waals surface area contributed by atoms with Crippen molar-refractivity contribution in [1.82, 2.24) is 10.1 Å². The van der Waals surface area contributed by atoms with Crippen LogP contribution in [0.4, 0.5) is 4.39 Å². The van der Waals surface area contributed by atoms with Gasteiger partial charge in [0.2, 0.25) is 3.79 Å². The second-order valence-corrected chi connectivity index (χ2v) is 7.49. The molecule has 0 radical (unpaired) electrons. The van der Waals surface area contributed by atoms with Crippen molar-refractivity contribution in [2.75, 3.05) is 19.6 Å². The highest BCUT2D eigenvalue weighted by atomic mass is 127. The molecular weight excluding hydrogens is 436 g/mol. The van der Waals surface area contributed by atoms with E-state index in [9.17, 15) is 9.18 Å². The average molecular weight is 457 g/mol. The van der Waals surface area contributed by atoms with E-state index in [-0.39, 0.29) is 9.61 Å². The molecule has 7 heteroatoms. The minimum atomic E-state index is -0.311. The molecule has 0 spiro atoms. The van der Waals surface area contributed by atoms with Gasteiger partial charge in [-0.25, -0.2) is 4.39 Å². The van der Waals surface area contributed by atoms with Crippen LogP contribution in [0.1, 0.15) is 37.8 Å². The lowest BCUT2D eigenvalue weighted by Crippen LogP contribution is -2.34. The van der Waals surface area contributed by atoms with Crippen LogP contribution in [-0.4, -0.2) is 33.5 Å². The number of piperidine rings is 1. The molecule has 0 unspecified atom stereocenters. The molecule has 25 heavy (non-hydrogen) atoms. The maximum absolute atomic E-state index is 13.3. The van der Waals surface area contributed by atoms with Crippen LogP contribution in [0.25, 0.3) is 11.0 Å². The summed E-state index contributed by atoms with van der Waals surface area (Å²) in [4.78, 5) is 13.9. The second-order valence-electron chi connectivity index (χ2n) is 6.51. The first-order chi connectivity index (χ1) is 12.0. The average Bonchev–Trinajstić information content (AvgIpc) is 2.98. The number of benzene rings is 1. The van der Waals surface area contributed by atoms with Gasteiger partial charge in [0.05, 0.1) is 5.69 Å². The molecule has 2 heterocycles. The Morgan fingerprint density at radius 1 is 1.44 bits per heavy atom. The first-order valence-corrected chi connectivity index (χ1v) is 9.46. The van der Waals surface area contributed by atoms with Crippen molar-refractivity contribution in [3.8, 4) is 0 Å². The normalized spacial score (nSPS) is 17.7. The Bertz CT molecular complexity index is 806. The van der Waals surface area contributed by atoms with E-state index in [2.05, 4.69) is 10.1 Å². The second kappa shape index (κ2) is 7.82. The summed E-state index contributed by atoms with van der Waals surface area (Å²) < 4.78 is 18.6. The summed E-state index contributed by atoms with van der Waals surface area (Å²) >= 11 is 1.79. The molecule has 134 valence electrons. The number of halogens is 2. The van der Waals surface area contributed by atoms with Crippen LogP contribution in [0.5, 0.6) is 0 Å². The predicted octanol–water partition coefficient (Wildman–Crippen LogP) is 3.73. The van der Waals surface area contributed by atoms with Gasteiger partial charge in [-0.1, -0.05) is 5.16 Å². The predicted molar refractivity (Wildman–Crippen MR) is 103 cm³/mol. The summed E-state index contributed by atoms with van der Waals surface area (Å²) in [6.45, 7) is 4.48. The molecule has 0 bridgehead atoms. The van der Waals surface area contributed by atoms with Gasteiger partial charge in [-0.2, -0.15) is 0 Å². The van der Waals surface area contributed by atoms with Crippen molar-refractivity contribution in [3.63, 3.8) is 0 Å². The van der Waals surface area contributed by atoms with Crippen molar-refractivity contribution in [2.45, 2.75) is 32.1 Å². The third-order valence-electron chi connectivity index (χ3n) is 4.83. The minimum absolute atomic E-state index is 0.0220. The Kier molecular flexibility index (Phi) is 5.73. The molecular formula is C18H21FIN3O2. The maximum Gasteiger partial charge on any atom is 0.220 e. The highest BCUT2D eigenvalue weighted by Crippen LogP contribution is 2.32. The molecule has 1 fully saturated rings. The lowest BCUT2D eigenvalue weighted by molar-refractivity contribution is -0.106. The van der Waals surface area contributed by atoms with Crippen molar-refractivity contribution in [2.24, 2.45) is 5.73 Å². The SMILES string of the molecule is C/C(N)=C(\CCN1CCC(c2noc3cc(F)ccc23)CC1)C(=O)I. The molecule has 3 rings (SSSR count). The monoisotopic (exact) mass is 457 g/mol. The van der Waals surface area contributed by atoms with Gasteiger partial charge < -0.3 is 15.2 Å². The molecule has 2 aromatic rings. The van der Waals surface area contributed by atoms with Crippen LogP contribution in [-0.2, 0) is 4.79 Å². The third-order valence-corrected chi connectivity index (χ3v) is 5.48. The molecule has 1 aliphatic rings. The van der Waals surface area contributed by atoms with E-state index >= 15 is 0 Å². The lowest BCUT2D eigenvalue weighted by Gasteiger charge is -2.31. The Morgan fingerprint density at radius 2 is 2.16 bits per heavy atom. The fraction of sp³-hybridized carbons (Fsp3) is 0.444. The quantitative estimate of drug-likeness (QED) is 0.421. The number of nitrogens with zero attached hydrogens (tertiary/aromatic N) is 2. The summed E-state index contributed by atoms with van der Waals surface area (Å²) in [6, 6.07) is 4.57. The topological polar surface area (TPSA) is 72.4 Å².